The molecule has 0 radical (unpaired) electrons. The molecule has 0 aromatic carbocycles. The number of aromatic nitrogens is 2. The zero-order valence-electron chi connectivity index (χ0n) is 8.42. The first-order chi connectivity index (χ1) is 7.27. The maximum atomic E-state index is 11.2. The molecule has 0 unspecified atom stereocenters. The van der Waals surface area contributed by atoms with E-state index in [0.29, 0.717) is 4.47 Å². The van der Waals surface area contributed by atoms with Crippen LogP contribution in [0.2, 0.25) is 0 Å². The van der Waals surface area contributed by atoms with Crippen LogP contribution in [0.25, 0.3) is 0 Å². The minimum atomic E-state index is -0.191. The Kier molecular flexibility index (Phi) is 3.41. The fraction of sp³-hybridized carbons (Fsp3) is 0.600. The lowest BCUT2D eigenvalue weighted by Gasteiger charge is -2.25. The molecule has 1 fully saturated rings. The lowest BCUT2D eigenvalue weighted by molar-refractivity contribution is 0.303. The highest BCUT2D eigenvalue weighted by atomic mass is 79.9. The Hall–Kier alpha value is -0.840. The minimum Gasteiger partial charge on any atom is -0.383 e. The SMILES string of the molecule is O=c1[nH]ncc(NCCC2CCC2)c1Br. The van der Waals surface area contributed by atoms with Crippen molar-refractivity contribution < 1.29 is 0 Å². The molecule has 0 atom stereocenters. The Morgan fingerprint density at radius 3 is 3.07 bits per heavy atom. The molecule has 1 aromatic rings. The summed E-state index contributed by atoms with van der Waals surface area (Å²) in [6.07, 6.45) is 6.90. The van der Waals surface area contributed by atoms with E-state index in [2.05, 4.69) is 31.4 Å². The lowest BCUT2D eigenvalue weighted by atomic mass is 9.83. The van der Waals surface area contributed by atoms with Gasteiger partial charge in [-0.3, -0.25) is 4.79 Å². The smallest absolute Gasteiger partial charge is 0.280 e. The summed E-state index contributed by atoms with van der Waals surface area (Å²) in [5.41, 5.74) is 0.585. The predicted molar refractivity (Wildman–Crippen MR) is 63.0 cm³/mol. The number of hydrogen-bond donors (Lipinski definition) is 2. The van der Waals surface area contributed by atoms with E-state index in [4.69, 9.17) is 0 Å². The molecule has 4 nitrogen and oxygen atoms in total. The Labute approximate surface area is 96.6 Å². The van der Waals surface area contributed by atoms with E-state index in [1.165, 1.54) is 25.7 Å². The monoisotopic (exact) mass is 271 g/mol. The first kappa shape index (κ1) is 10.7. The minimum absolute atomic E-state index is 0.191. The van der Waals surface area contributed by atoms with Gasteiger partial charge in [-0.1, -0.05) is 19.3 Å². The number of nitrogens with one attached hydrogen (secondary N) is 2. The lowest BCUT2D eigenvalue weighted by Crippen LogP contribution is -2.17. The van der Waals surface area contributed by atoms with Crippen LogP contribution in [0.1, 0.15) is 25.7 Å². The standard InChI is InChI=1S/C10H14BrN3O/c11-9-8(6-13-14-10(9)15)12-5-4-7-2-1-3-7/h6-7H,1-5H2,(H2,12,14,15). The molecule has 0 saturated heterocycles. The van der Waals surface area contributed by atoms with E-state index in [-0.39, 0.29) is 5.56 Å². The molecule has 1 aliphatic carbocycles. The zero-order chi connectivity index (χ0) is 10.7. The van der Waals surface area contributed by atoms with E-state index in [0.717, 1.165) is 18.2 Å². The van der Waals surface area contributed by atoms with E-state index >= 15 is 0 Å². The van der Waals surface area contributed by atoms with Crippen LogP contribution in [0, 0.1) is 5.92 Å². The third-order valence-corrected chi connectivity index (χ3v) is 3.68. The van der Waals surface area contributed by atoms with Crippen molar-refractivity contribution >= 4 is 21.6 Å². The molecule has 2 rings (SSSR count). The molecule has 1 aromatic heterocycles. The second-order valence-electron chi connectivity index (χ2n) is 3.94. The van der Waals surface area contributed by atoms with E-state index in [1.54, 1.807) is 6.20 Å². The summed E-state index contributed by atoms with van der Waals surface area (Å²) < 4.78 is 0.533. The summed E-state index contributed by atoms with van der Waals surface area (Å²) >= 11 is 3.23. The van der Waals surface area contributed by atoms with Crippen molar-refractivity contribution in [3.8, 4) is 0 Å². The van der Waals surface area contributed by atoms with Crippen molar-refractivity contribution in [1.29, 1.82) is 0 Å². The zero-order valence-corrected chi connectivity index (χ0v) is 10.0. The van der Waals surface area contributed by atoms with Crippen LogP contribution in [0.4, 0.5) is 5.69 Å². The number of anilines is 1. The van der Waals surface area contributed by atoms with Crippen LogP contribution in [-0.4, -0.2) is 16.7 Å². The highest BCUT2D eigenvalue weighted by Crippen LogP contribution is 2.29. The summed E-state index contributed by atoms with van der Waals surface area (Å²) in [7, 11) is 0. The highest BCUT2D eigenvalue weighted by Gasteiger charge is 2.16. The van der Waals surface area contributed by atoms with Gasteiger partial charge < -0.3 is 5.32 Å². The quantitative estimate of drug-likeness (QED) is 0.882. The second-order valence-corrected chi connectivity index (χ2v) is 4.73. The third-order valence-electron chi connectivity index (χ3n) is 2.89. The Morgan fingerprint density at radius 1 is 1.60 bits per heavy atom. The number of nitrogens with zero attached hydrogens (tertiary/aromatic N) is 1. The van der Waals surface area contributed by atoms with Crippen molar-refractivity contribution in [3.05, 3.63) is 21.0 Å². The molecular weight excluding hydrogens is 258 g/mol. The normalized spacial score (nSPS) is 16.1. The topological polar surface area (TPSA) is 57.8 Å². The molecular formula is C10H14BrN3O. The summed E-state index contributed by atoms with van der Waals surface area (Å²) in [5.74, 6) is 0.881. The van der Waals surface area contributed by atoms with Crippen LogP contribution in [0.15, 0.2) is 15.5 Å². The van der Waals surface area contributed by atoms with E-state index < -0.39 is 0 Å². The molecule has 5 heteroatoms. The highest BCUT2D eigenvalue weighted by molar-refractivity contribution is 9.10. The molecule has 0 aliphatic heterocycles. The van der Waals surface area contributed by atoms with Gasteiger partial charge in [0.2, 0.25) is 0 Å². The summed E-state index contributed by atoms with van der Waals surface area (Å²) in [5, 5.41) is 9.34. The van der Waals surface area contributed by atoms with Crippen molar-refractivity contribution in [1.82, 2.24) is 10.2 Å². The number of aromatic amines is 1. The second kappa shape index (κ2) is 4.79. The van der Waals surface area contributed by atoms with Gasteiger partial charge in [0, 0.05) is 6.54 Å². The van der Waals surface area contributed by atoms with E-state index in [1.807, 2.05) is 0 Å². The predicted octanol–water partition coefficient (Wildman–Crippen LogP) is 2.13. The number of rotatable bonds is 4. The van der Waals surface area contributed by atoms with Gasteiger partial charge in [0.05, 0.1) is 11.9 Å². The van der Waals surface area contributed by atoms with Gasteiger partial charge in [-0.2, -0.15) is 5.10 Å². The van der Waals surface area contributed by atoms with Gasteiger partial charge in [0.15, 0.2) is 0 Å². The van der Waals surface area contributed by atoms with Gasteiger partial charge in [-0.05, 0) is 28.3 Å². The van der Waals surface area contributed by atoms with Crippen molar-refractivity contribution in [2.45, 2.75) is 25.7 Å². The van der Waals surface area contributed by atoms with Crippen molar-refractivity contribution in [2.24, 2.45) is 5.92 Å². The van der Waals surface area contributed by atoms with Crippen molar-refractivity contribution in [2.75, 3.05) is 11.9 Å². The molecule has 15 heavy (non-hydrogen) atoms. The molecule has 0 spiro atoms. The third kappa shape index (κ3) is 2.59. The van der Waals surface area contributed by atoms with Crippen LogP contribution < -0.4 is 10.9 Å². The van der Waals surface area contributed by atoms with Crippen LogP contribution in [-0.2, 0) is 0 Å². The average molecular weight is 272 g/mol. The fourth-order valence-electron chi connectivity index (χ4n) is 1.70. The first-order valence-electron chi connectivity index (χ1n) is 5.24. The molecule has 2 N–H and O–H groups in total. The van der Waals surface area contributed by atoms with E-state index in [9.17, 15) is 4.79 Å². The van der Waals surface area contributed by atoms with Gasteiger partial charge >= 0.3 is 0 Å². The van der Waals surface area contributed by atoms with Gasteiger partial charge in [0.25, 0.3) is 5.56 Å². The first-order valence-corrected chi connectivity index (χ1v) is 6.03. The van der Waals surface area contributed by atoms with Crippen LogP contribution in [0.3, 0.4) is 0 Å². The largest absolute Gasteiger partial charge is 0.383 e. The Morgan fingerprint density at radius 2 is 2.40 bits per heavy atom. The molecule has 1 saturated carbocycles. The van der Waals surface area contributed by atoms with Crippen molar-refractivity contribution in [3.63, 3.8) is 0 Å². The summed E-state index contributed by atoms with van der Waals surface area (Å²) in [6.45, 7) is 0.911. The number of halogens is 1. The Bertz CT molecular complexity index is 386. The van der Waals surface area contributed by atoms with Gasteiger partial charge in [-0.25, -0.2) is 5.10 Å². The summed E-state index contributed by atoms with van der Waals surface area (Å²) in [6, 6.07) is 0. The van der Waals surface area contributed by atoms with Gasteiger partial charge in [-0.15, -0.1) is 0 Å². The number of hydrogen-bond acceptors (Lipinski definition) is 3. The molecule has 1 aliphatic rings. The fourth-order valence-corrected chi connectivity index (χ4v) is 2.03. The molecule has 0 bridgehead atoms. The van der Waals surface area contributed by atoms with Crippen LogP contribution in [0.5, 0.6) is 0 Å². The Balaban J connectivity index is 1.87. The maximum Gasteiger partial charge on any atom is 0.280 e. The maximum absolute atomic E-state index is 11.2. The molecule has 1 heterocycles. The molecule has 82 valence electrons. The van der Waals surface area contributed by atoms with Gasteiger partial charge in [0.1, 0.15) is 4.47 Å². The van der Waals surface area contributed by atoms with Crippen LogP contribution >= 0.6 is 15.9 Å². The summed E-state index contributed by atoms with van der Waals surface area (Å²) in [4.78, 5) is 11.2. The molecule has 0 amide bonds. The average Bonchev–Trinajstić information content (AvgIpc) is 2.16. The number of H-pyrrole nitrogens is 1.